The molecule has 2 rings (SSSR count). The predicted octanol–water partition coefficient (Wildman–Crippen LogP) is 1.96. The van der Waals surface area contributed by atoms with Crippen molar-refractivity contribution in [3.8, 4) is 11.8 Å². The number of carbonyl (C=O) groups excluding carboxylic acids is 1. The molecule has 3 N–H and O–H groups in total. The number of hydrogen-bond acceptors (Lipinski definition) is 4. The number of amides is 1. The lowest BCUT2D eigenvalue weighted by molar-refractivity contribution is -0.383. The zero-order chi connectivity index (χ0) is 15.9. The van der Waals surface area contributed by atoms with Gasteiger partial charge in [0.1, 0.15) is 5.69 Å². The van der Waals surface area contributed by atoms with Gasteiger partial charge in [0.15, 0.2) is 0 Å². The van der Waals surface area contributed by atoms with E-state index in [2.05, 4.69) is 17.2 Å². The zero-order valence-corrected chi connectivity index (χ0v) is 11.6. The third-order valence-corrected chi connectivity index (χ3v) is 2.83. The number of benzene rings is 2. The average molecular weight is 295 g/mol. The minimum atomic E-state index is -0.624. The Hall–Kier alpha value is -3.33. The molecule has 2 aromatic carbocycles. The Labute approximate surface area is 127 Å². The molecule has 0 heterocycles. The first-order valence-corrected chi connectivity index (χ1v) is 6.44. The third kappa shape index (κ3) is 3.84. The van der Waals surface area contributed by atoms with E-state index in [0.29, 0.717) is 0 Å². The molecule has 6 nitrogen and oxygen atoms in total. The van der Waals surface area contributed by atoms with Gasteiger partial charge in [0.05, 0.1) is 11.5 Å². The van der Waals surface area contributed by atoms with E-state index < -0.39 is 10.8 Å². The first-order valence-electron chi connectivity index (χ1n) is 6.44. The van der Waals surface area contributed by atoms with Crippen molar-refractivity contribution in [2.45, 2.75) is 0 Å². The van der Waals surface area contributed by atoms with Gasteiger partial charge in [0.2, 0.25) is 0 Å². The summed E-state index contributed by atoms with van der Waals surface area (Å²) in [6.45, 7) is 0.145. The van der Waals surface area contributed by atoms with Crippen molar-refractivity contribution in [3.63, 3.8) is 0 Å². The van der Waals surface area contributed by atoms with Gasteiger partial charge in [0, 0.05) is 17.2 Å². The Balaban J connectivity index is 2.00. The van der Waals surface area contributed by atoms with Crippen LogP contribution in [0.25, 0.3) is 0 Å². The number of nitro groups is 1. The van der Waals surface area contributed by atoms with Crippen molar-refractivity contribution < 1.29 is 9.72 Å². The summed E-state index contributed by atoms with van der Waals surface area (Å²) in [4.78, 5) is 22.1. The highest BCUT2D eigenvalue weighted by atomic mass is 16.6. The summed E-state index contributed by atoms with van der Waals surface area (Å²) < 4.78 is 0. The van der Waals surface area contributed by atoms with E-state index in [1.54, 1.807) is 0 Å². The van der Waals surface area contributed by atoms with Crippen molar-refractivity contribution in [2.24, 2.45) is 0 Å². The molecule has 0 saturated heterocycles. The summed E-state index contributed by atoms with van der Waals surface area (Å²) in [7, 11) is 0. The van der Waals surface area contributed by atoms with Gasteiger partial charge in [0.25, 0.3) is 11.6 Å². The highest BCUT2D eigenvalue weighted by Gasteiger charge is 2.15. The lowest BCUT2D eigenvalue weighted by Gasteiger charge is -2.03. The molecule has 0 bridgehead atoms. The Bertz CT molecular complexity index is 761. The molecule has 0 aliphatic heterocycles. The third-order valence-electron chi connectivity index (χ3n) is 2.83. The van der Waals surface area contributed by atoms with Crippen LogP contribution in [0.3, 0.4) is 0 Å². The highest BCUT2D eigenvalue weighted by Crippen LogP contribution is 2.22. The largest absolute Gasteiger partial charge is 0.393 e. The van der Waals surface area contributed by atoms with Gasteiger partial charge in [-0.05, 0) is 24.3 Å². The van der Waals surface area contributed by atoms with E-state index in [1.807, 2.05) is 30.3 Å². The second kappa shape index (κ2) is 6.90. The van der Waals surface area contributed by atoms with Crippen LogP contribution in [-0.2, 0) is 0 Å². The quantitative estimate of drug-likeness (QED) is 0.391. The number of nitro benzene ring substituents is 1. The fraction of sp³-hybridized carbons (Fsp3) is 0.0625. The predicted molar refractivity (Wildman–Crippen MR) is 83.2 cm³/mol. The van der Waals surface area contributed by atoms with Gasteiger partial charge in [-0.25, -0.2) is 0 Å². The lowest BCUT2D eigenvalue weighted by Crippen LogP contribution is -2.23. The molecule has 0 saturated carbocycles. The molecule has 22 heavy (non-hydrogen) atoms. The average Bonchev–Trinajstić information content (AvgIpc) is 2.52. The summed E-state index contributed by atoms with van der Waals surface area (Å²) >= 11 is 0. The Morgan fingerprint density at radius 3 is 2.64 bits per heavy atom. The molecular formula is C16H13N3O3. The molecule has 0 fully saturated rings. The smallest absolute Gasteiger partial charge is 0.292 e. The van der Waals surface area contributed by atoms with E-state index in [4.69, 9.17) is 5.73 Å². The van der Waals surface area contributed by atoms with Crippen LogP contribution in [-0.4, -0.2) is 17.4 Å². The van der Waals surface area contributed by atoms with Crippen molar-refractivity contribution in [2.75, 3.05) is 12.3 Å². The minimum Gasteiger partial charge on any atom is -0.393 e. The summed E-state index contributed by atoms with van der Waals surface area (Å²) in [5.74, 6) is 5.27. The molecule has 0 aliphatic carbocycles. The summed E-state index contributed by atoms with van der Waals surface area (Å²) in [6, 6.07) is 13.3. The number of rotatable bonds is 3. The van der Waals surface area contributed by atoms with E-state index in [0.717, 1.165) is 11.6 Å². The van der Waals surface area contributed by atoms with Crippen LogP contribution < -0.4 is 11.1 Å². The molecule has 0 unspecified atom stereocenters. The van der Waals surface area contributed by atoms with Crippen LogP contribution >= 0.6 is 0 Å². The number of hydrogen-bond donors (Lipinski definition) is 2. The lowest BCUT2D eigenvalue weighted by atomic mass is 10.1. The van der Waals surface area contributed by atoms with Crippen LogP contribution in [0.5, 0.6) is 0 Å². The summed E-state index contributed by atoms with van der Waals surface area (Å²) in [6.07, 6.45) is 0. The van der Waals surface area contributed by atoms with Crippen molar-refractivity contribution in [1.82, 2.24) is 5.32 Å². The van der Waals surface area contributed by atoms with Crippen molar-refractivity contribution >= 4 is 17.3 Å². The van der Waals surface area contributed by atoms with Gasteiger partial charge in [-0.15, -0.1) is 0 Å². The molecule has 0 spiro atoms. The number of nitrogen functional groups attached to an aromatic ring is 1. The minimum absolute atomic E-state index is 0.0189. The maximum atomic E-state index is 11.9. The highest BCUT2D eigenvalue weighted by molar-refractivity contribution is 5.95. The second-order valence-electron chi connectivity index (χ2n) is 4.38. The van der Waals surface area contributed by atoms with Gasteiger partial charge >= 0.3 is 0 Å². The molecule has 1 amide bonds. The fourth-order valence-electron chi connectivity index (χ4n) is 1.74. The van der Waals surface area contributed by atoms with E-state index in [1.165, 1.54) is 12.1 Å². The van der Waals surface area contributed by atoms with Gasteiger partial charge < -0.3 is 11.1 Å². The molecule has 0 radical (unpaired) electrons. The fourth-order valence-corrected chi connectivity index (χ4v) is 1.74. The summed E-state index contributed by atoms with van der Waals surface area (Å²) in [5.41, 5.74) is 6.23. The van der Waals surface area contributed by atoms with Gasteiger partial charge in [-0.2, -0.15) is 0 Å². The molecule has 110 valence electrons. The van der Waals surface area contributed by atoms with E-state index >= 15 is 0 Å². The number of nitrogens with two attached hydrogens (primary N) is 1. The Morgan fingerprint density at radius 1 is 1.23 bits per heavy atom. The monoisotopic (exact) mass is 295 g/mol. The maximum absolute atomic E-state index is 11.9. The van der Waals surface area contributed by atoms with E-state index in [9.17, 15) is 14.9 Å². The van der Waals surface area contributed by atoms with Crippen molar-refractivity contribution in [1.29, 1.82) is 0 Å². The van der Waals surface area contributed by atoms with Crippen LogP contribution in [0.2, 0.25) is 0 Å². The number of carbonyl (C=O) groups is 1. The molecule has 2 aromatic rings. The topological polar surface area (TPSA) is 98.3 Å². The first kappa shape index (κ1) is 15.1. The molecule has 0 atom stereocenters. The van der Waals surface area contributed by atoms with Crippen molar-refractivity contribution in [3.05, 3.63) is 69.8 Å². The Kier molecular flexibility index (Phi) is 4.73. The number of nitrogens with one attached hydrogen (secondary N) is 1. The number of anilines is 1. The van der Waals surface area contributed by atoms with Crippen LogP contribution in [0.15, 0.2) is 48.5 Å². The second-order valence-corrected chi connectivity index (χ2v) is 4.38. The molecule has 6 heteroatoms. The Morgan fingerprint density at radius 2 is 1.95 bits per heavy atom. The normalized spacial score (nSPS) is 9.45. The van der Waals surface area contributed by atoms with E-state index in [-0.39, 0.29) is 23.5 Å². The standard InChI is InChI=1S/C16H13N3O3/c17-14-9-8-13(11-15(14)19(21)22)16(20)18-10-4-7-12-5-2-1-3-6-12/h1-3,5-6,8-9,11H,10,17H2,(H,18,20). The summed E-state index contributed by atoms with van der Waals surface area (Å²) in [5, 5.41) is 13.4. The van der Waals surface area contributed by atoms with Crippen LogP contribution in [0.4, 0.5) is 11.4 Å². The molecule has 0 aliphatic rings. The zero-order valence-electron chi connectivity index (χ0n) is 11.6. The molecular weight excluding hydrogens is 282 g/mol. The molecule has 0 aromatic heterocycles. The SMILES string of the molecule is Nc1ccc(C(=O)NCC#Cc2ccccc2)cc1[N+](=O)[O-]. The number of nitrogens with zero attached hydrogens (tertiary/aromatic N) is 1. The first-order chi connectivity index (χ1) is 10.6. The van der Waals surface area contributed by atoms with Gasteiger partial charge in [-0.1, -0.05) is 30.0 Å². The van der Waals surface area contributed by atoms with Gasteiger partial charge in [-0.3, -0.25) is 14.9 Å². The van der Waals surface area contributed by atoms with Crippen LogP contribution in [0, 0.1) is 22.0 Å². The maximum Gasteiger partial charge on any atom is 0.292 e. The van der Waals surface area contributed by atoms with Crippen LogP contribution in [0.1, 0.15) is 15.9 Å².